The second kappa shape index (κ2) is 6.60. The molecule has 0 aliphatic heterocycles. The molecule has 3 rings (SSSR count). The molecule has 6 heteroatoms. The van der Waals surface area contributed by atoms with E-state index in [4.69, 9.17) is 0 Å². The van der Waals surface area contributed by atoms with E-state index in [1.165, 1.54) is 32.1 Å². The van der Waals surface area contributed by atoms with Crippen molar-refractivity contribution in [1.29, 1.82) is 0 Å². The lowest BCUT2D eigenvalue weighted by atomic mass is 9.82. The van der Waals surface area contributed by atoms with Crippen LogP contribution in [0.3, 0.4) is 0 Å². The third kappa shape index (κ3) is 3.06. The highest BCUT2D eigenvalue weighted by molar-refractivity contribution is 5.86. The molecule has 120 valence electrons. The molecule has 0 amide bonds. The fourth-order valence-electron chi connectivity index (χ4n) is 3.52. The van der Waals surface area contributed by atoms with Crippen LogP contribution in [0, 0.1) is 12.8 Å². The third-order valence-corrected chi connectivity index (χ3v) is 4.68. The Bertz CT molecular complexity index is 633. The molecule has 2 aromatic rings. The van der Waals surface area contributed by atoms with Gasteiger partial charge in [-0.25, -0.2) is 9.97 Å². The zero-order valence-corrected chi connectivity index (χ0v) is 13.4. The Hall–Kier alpha value is -1.69. The monoisotopic (exact) mass is 303 g/mol. The van der Waals surface area contributed by atoms with Crippen LogP contribution >= 0.6 is 0 Å². The first kappa shape index (κ1) is 15.2. The summed E-state index contributed by atoms with van der Waals surface area (Å²) >= 11 is 0. The first-order valence-corrected chi connectivity index (χ1v) is 8.23. The van der Waals surface area contributed by atoms with Gasteiger partial charge in [-0.1, -0.05) is 19.3 Å². The predicted molar refractivity (Wildman–Crippen MR) is 86.7 cm³/mol. The Labute approximate surface area is 131 Å². The Morgan fingerprint density at radius 2 is 2.09 bits per heavy atom. The van der Waals surface area contributed by atoms with Crippen molar-refractivity contribution in [2.45, 2.75) is 51.5 Å². The van der Waals surface area contributed by atoms with Crippen molar-refractivity contribution >= 4 is 16.9 Å². The van der Waals surface area contributed by atoms with E-state index in [9.17, 15) is 5.11 Å². The number of aliphatic hydroxyl groups excluding tert-OH is 1. The van der Waals surface area contributed by atoms with Crippen LogP contribution in [0.4, 0.5) is 5.82 Å². The predicted octanol–water partition coefficient (Wildman–Crippen LogP) is 2.41. The van der Waals surface area contributed by atoms with Crippen LogP contribution in [0.1, 0.15) is 44.3 Å². The summed E-state index contributed by atoms with van der Waals surface area (Å²) in [7, 11) is 1.89. The maximum Gasteiger partial charge on any atom is 0.163 e. The summed E-state index contributed by atoms with van der Waals surface area (Å²) in [5, 5.41) is 18.2. The van der Waals surface area contributed by atoms with Gasteiger partial charge in [0, 0.05) is 19.7 Å². The largest absolute Gasteiger partial charge is 0.396 e. The summed E-state index contributed by atoms with van der Waals surface area (Å²) in [5.41, 5.74) is 0.849. The van der Waals surface area contributed by atoms with Crippen molar-refractivity contribution < 1.29 is 5.11 Å². The van der Waals surface area contributed by atoms with Gasteiger partial charge >= 0.3 is 0 Å². The molecule has 0 bridgehead atoms. The van der Waals surface area contributed by atoms with E-state index >= 15 is 0 Å². The van der Waals surface area contributed by atoms with E-state index in [1.54, 1.807) is 4.68 Å². The van der Waals surface area contributed by atoms with E-state index in [-0.39, 0.29) is 12.6 Å². The standard InChI is InChI=1S/C16H25N5O/c1-11-18-15(13-10-17-21(2)16(13)19-11)20-14(8-9-22)12-6-4-3-5-7-12/h10,12,14,22H,3-9H2,1-2H3,(H,18,19,20)/t14-/m0/s1. The van der Waals surface area contributed by atoms with Crippen molar-refractivity contribution in [3.05, 3.63) is 12.0 Å². The topological polar surface area (TPSA) is 75.9 Å². The number of aryl methyl sites for hydroxylation is 2. The lowest BCUT2D eigenvalue weighted by molar-refractivity contribution is 0.239. The average Bonchev–Trinajstić information content (AvgIpc) is 2.89. The molecule has 6 nitrogen and oxygen atoms in total. The van der Waals surface area contributed by atoms with Gasteiger partial charge in [0.05, 0.1) is 11.6 Å². The normalized spacial score (nSPS) is 17.8. The van der Waals surface area contributed by atoms with Crippen molar-refractivity contribution in [2.24, 2.45) is 13.0 Å². The molecule has 0 spiro atoms. The highest BCUT2D eigenvalue weighted by Gasteiger charge is 2.24. The quantitative estimate of drug-likeness (QED) is 0.887. The molecule has 1 fully saturated rings. The minimum atomic E-state index is 0.203. The molecular formula is C16H25N5O. The van der Waals surface area contributed by atoms with Crippen molar-refractivity contribution in [3.63, 3.8) is 0 Å². The van der Waals surface area contributed by atoms with E-state index in [1.807, 2.05) is 20.2 Å². The molecule has 0 saturated heterocycles. The van der Waals surface area contributed by atoms with Crippen molar-refractivity contribution in [1.82, 2.24) is 19.7 Å². The molecule has 1 aliphatic carbocycles. The highest BCUT2D eigenvalue weighted by Crippen LogP contribution is 2.30. The maximum absolute atomic E-state index is 9.43. The molecule has 0 unspecified atom stereocenters. The van der Waals surface area contributed by atoms with Crippen molar-refractivity contribution in [3.8, 4) is 0 Å². The number of anilines is 1. The molecule has 2 aromatic heterocycles. The average molecular weight is 303 g/mol. The van der Waals surface area contributed by atoms with Crippen LogP contribution in [0.5, 0.6) is 0 Å². The smallest absolute Gasteiger partial charge is 0.163 e. The third-order valence-electron chi connectivity index (χ3n) is 4.68. The first-order valence-electron chi connectivity index (χ1n) is 8.23. The number of aromatic nitrogens is 4. The van der Waals surface area contributed by atoms with Gasteiger partial charge in [0.25, 0.3) is 0 Å². The Morgan fingerprint density at radius 1 is 1.32 bits per heavy atom. The van der Waals surface area contributed by atoms with Crippen molar-refractivity contribution in [2.75, 3.05) is 11.9 Å². The van der Waals surface area contributed by atoms with E-state index in [2.05, 4.69) is 20.4 Å². The summed E-state index contributed by atoms with van der Waals surface area (Å²) in [6.07, 6.45) is 8.96. The SMILES string of the molecule is Cc1nc(N[C@@H](CCO)C2CCCCC2)c2cnn(C)c2n1. The maximum atomic E-state index is 9.43. The van der Waals surface area contributed by atoms with E-state index in [0.29, 0.717) is 5.92 Å². The Kier molecular flexibility index (Phi) is 4.57. The van der Waals surface area contributed by atoms with Gasteiger partial charge < -0.3 is 10.4 Å². The molecule has 0 aromatic carbocycles. The Morgan fingerprint density at radius 3 is 2.82 bits per heavy atom. The first-order chi connectivity index (χ1) is 10.7. The number of nitrogens with one attached hydrogen (secondary N) is 1. The van der Waals surface area contributed by atoms with Gasteiger partial charge in [0.1, 0.15) is 11.6 Å². The van der Waals surface area contributed by atoms with E-state index < -0.39 is 0 Å². The molecule has 1 saturated carbocycles. The van der Waals surface area contributed by atoms with Gasteiger partial charge in [-0.15, -0.1) is 0 Å². The summed E-state index contributed by atoms with van der Waals surface area (Å²) in [6, 6.07) is 0.267. The van der Waals surface area contributed by atoms with Crippen LogP contribution in [0.25, 0.3) is 11.0 Å². The molecule has 2 N–H and O–H groups in total. The molecule has 22 heavy (non-hydrogen) atoms. The molecular weight excluding hydrogens is 278 g/mol. The Balaban J connectivity index is 1.88. The van der Waals surface area contributed by atoms with Gasteiger partial charge in [0.15, 0.2) is 5.65 Å². The lowest BCUT2D eigenvalue weighted by Crippen LogP contribution is -2.32. The number of nitrogens with zero attached hydrogens (tertiary/aromatic N) is 4. The van der Waals surface area contributed by atoms with Gasteiger partial charge in [0.2, 0.25) is 0 Å². The number of rotatable bonds is 5. The van der Waals surface area contributed by atoms with E-state index in [0.717, 1.165) is 29.1 Å². The van der Waals surface area contributed by atoms with Gasteiger partial charge in [-0.2, -0.15) is 5.10 Å². The second-order valence-electron chi connectivity index (χ2n) is 6.29. The highest BCUT2D eigenvalue weighted by atomic mass is 16.3. The number of hydrogen-bond donors (Lipinski definition) is 2. The minimum absolute atomic E-state index is 0.203. The molecule has 0 radical (unpaired) electrons. The lowest BCUT2D eigenvalue weighted by Gasteiger charge is -2.31. The van der Waals surface area contributed by atoms with Crippen LogP contribution in [0.15, 0.2) is 6.20 Å². The van der Waals surface area contributed by atoms with Crippen LogP contribution in [-0.4, -0.2) is 37.5 Å². The number of fused-ring (bicyclic) bond motifs is 1. The zero-order chi connectivity index (χ0) is 15.5. The van der Waals surface area contributed by atoms with Gasteiger partial charge in [-0.05, 0) is 32.1 Å². The summed E-state index contributed by atoms with van der Waals surface area (Å²) in [6.45, 7) is 2.10. The molecule has 1 aliphatic rings. The number of aliphatic hydroxyl groups is 1. The fraction of sp³-hybridized carbons (Fsp3) is 0.688. The summed E-state index contributed by atoms with van der Waals surface area (Å²) < 4.78 is 1.77. The van der Waals surface area contributed by atoms with Crippen LogP contribution in [0.2, 0.25) is 0 Å². The van der Waals surface area contributed by atoms with Gasteiger partial charge in [-0.3, -0.25) is 4.68 Å². The zero-order valence-electron chi connectivity index (χ0n) is 13.4. The summed E-state index contributed by atoms with van der Waals surface area (Å²) in [4.78, 5) is 9.04. The summed E-state index contributed by atoms with van der Waals surface area (Å²) in [5.74, 6) is 2.20. The number of hydrogen-bond acceptors (Lipinski definition) is 5. The van der Waals surface area contributed by atoms with Crippen LogP contribution in [-0.2, 0) is 7.05 Å². The second-order valence-corrected chi connectivity index (χ2v) is 6.29. The molecule has 2 heterocycles. The fourth-order valence-corrected chi connectivity index (χ4v) is 3.52. The molecule has 1 atom stereocenters. The van der Waals surface area contributed by atoms with Crippen LogP contribution < -0.4 is 5.32 Å². The minimum Gasteiger partial charge on any atom is -0.396 e.